The molecule has 4 N–H and O–H groups in total. The van der Waals surface area contributed by atoms with Gasteiger partial charge in [0.25, 0.3) is 5.91 Å². The van der Waals surface area contributed by atoms with Crippen LogP contribution in [0.1, 0.15) is 34.5 Å². The summed E-state index contributed by atoms with van der Waals surface area (Å²) >= 11 is 0. The molecule has 0 radical (unpaired) electrons. The Bertz CT molecular complexity index is 865. The molecule has 0 bridgehead atoms. The van der Waals surface area contributed by atoms with Gasteiger partial charge in [-0.25, -0.2) is 4.98 Å². The lowest BCUT2D eigenvalue weighted by atomic mass is 10.1. The quantitative estimate of drug-likeness (QED) is 0.568. The van der Waals surface area contributed by atoms with Crippen molar-refractivity contribution >= 4 is 17.6 Å². The number of nitrogens with zero attached hydrogens (tertiary/aromatic N) is 3. The van der Waals surface area contributed by atoms with Gasteiger partial charge in [0.2, 0.25) is 5.91 Å². The van der Waals surface area contributed by atoms with Crippen LogP contribution in [0.4, 0.5) is 5.82 Å². The Morgan fingerprint density at radius 1 is 1.36 bits per heavy atom. The number of rotatable bonds is 6. The number of carbonyl (C=O) groups excluding carboxylic acids is 2. The van der Waals surface area contributed by atoms with Crippen LogP contribution in [0.5, 0.6) is 0 Å². The SMILES string of the molecule is CNc1ncccc1C(=O)N[C@H]1C[C@H](C(=O)NCc2cnn(C)c2C)C[C@@H]1O. The molecule has 3 atom stereocenters. The minimum atomic E-state index is -0.769. The molecule has 9 heteroatoms. The second kappa shape index (κ2) is 8.39. The molecule has 0 aliphatic heterocycles. The molecule has 0 aromatic carbocycles. The van der Waals surface area contributed by atoms with E-state index in [2.05, 4.69) is 26.0 Å². The van der Waals surface area contributed by atoms with Crippen LogP contribution in [0.25, 0.3) is 0 Å². The van der Waals surface area contributed by atoms with Crippen LogP contribution in [-0.2, 0) is 18.4 Å². The molecule has 0 saturated heterocycles. The van der Waals surface area contributed by atoms with Crippen LogP contribution in [0.15, 0.2) is 24.5 Å². The number of aliphatic hydroxyl groups is 1. The van der Waals surface area contributed by atoms with Gasteiger partial charge in [0.05, 0.1) is 23.9 Å². The topological polar surface area (TPSA) is 121 Å². The summed E-state index contributed by atoms with van der Waals surface area (Å²) < 4.78 is 1.75. The number of aromatic nitrogens is 3. The van der Waals surface area contributed by atoms with Crippen LogP contribution in [0, 0.1) is 12.8 Å². The van der Waals surface area contributed by atoms with Crippen molar-refractivity contribution in [2.24, 2.45) is 13.0 Å². The summed E-state index contributed by atoms with van der Waals surface area (Å²) in [6.07, 6.45) is 3.26. The Labute approximate surface area is 163 Å². The van der Waals surface area contributed by atoms with Crippen molar-refractivity contribution in [1.82, 2.24) is 25.4 Å². The maximum absolute atomic E-state index is 12.5. The number of hydrogen-bond acceptors (Lipinski definition) is 6. The first kappa shape index (κ1) is 19.8. The monoisotopic (exact) mass is 386 g/mol. The lowest BCUT2D eigenvalue weighted by Crippen LogP contribution is -2.40. The third kappa shape index (κ3) is 4.14. The summed E-state index contributed by atoms with van der Waals surface area (Å²) in [5.74, 6) is -0.339. The third-order valence-corrected chi connectivity index (χ3v) is 5.30. The maximum atomic E-state index is 12.5. The molecule has 28 heavy (non-hydrogen) atoms. The van der Waals surface area contributed by atoms with E-state index < -0.39 is 12.1 Å². The molecule has 1 aliphatic carbocycles. The zero-order valence-corrected chi connectivity index (χ0v) is 16.3. The molecule has 9 nitrogen and oxygen atoms in total. The van der Waals surface area contributed by atoms with Gasteiger partial charge in [0.1, 0.15) is 5.82 Å². The Hall–Kier alpha value is -2.94. The van der Waals surface area contributed by atoms with Crippen LogP contribution in [0.3, 0.4) is 0 Å². The number of carbonyl (C=O) groups is 2. The highest BCUT2D eigenvalue weighted by Gasteiger charge is 2.38. The highest BCUT2D eigenvalue weighted by Crippen LogP contribution is 2.27. The second-order valence-corrected chi connectivity index (χ2v) is 7.06. The molecule has 0 spiro atoms. The van der Waals surface area contributed by atoms with Gasteiger partial charge in [-0.1, -0.05) is 0 Å². The minimum absolute atomic E-state index is 0.128. The highest BCUT2D eigenvalue weighted by atomic mass is 16.3. The van der Waals surface area contributed by atoms with Crippen LogP contribution >= 0.6 is 0 Å². The zero-order chi connectivity index (χ0) is 20.3. The van der Waals surface area contributed by atoms with Gasteiger partial charge in [0.15, 0.2) is 0 Å². The molecule has 1 saturated carbocycles. The van der Waals surface area contributed by atoms with Crippen molar-refractivity contribution in [2.75, 3.05) is 12.4 Å². The van der Waals surface area contributed by atoms with Crippen molar-refractivity contribution < 1.29 is 14.7 Å². The van der Waals surface area contributed by atoms with Gasteiger partial charge in [-0.15, -0.1) is 0 Å². The lowest BCUT2D eigenvalue weighted by Gasteiger charge is -2.17. The number of amides is 2. The molecule has 0 unspecified atom stereocenters. The van der Waals surface area contributed by atoms with E-state index in [-0.39, 0.29) is 17.7 Å². The smallest absolute Gasteiger partial charge is 0.255 e. The Balaban J connectivity index is 1.57. The fourth-order valence-corrected chi connectivity index (χ4v) is 3.46. The lowest BCUT2D eigenvalue weighted by molar-refractivity contribution is -0.125. The molecule has 1 fully saturated rings. The predicted molar refractivity (Wildman–Crippen MR) is 104 cm³/mol. The fourth-order valence-electron chi connectivity index (χ4n) is 3.46. The largest absolute Gasteiger partial charge is 0.391 e. The van der Waals surface area contributed by atoms with Crippen molar-refractivity contribution in [3.05, 3.63) is 41.3 Å². The molecule has 2 heterocycles. The molecular formula is C19H26N6O3. The standard InChI is InChI=1S/C19H26N6O3/c1-11-13(10-23-25(11)3)9-22-18(27)12-7-15(16(26)8-12)24-19(28)14-5-4-6-21-17(14)20-2/h4-6,10,12,15-16,26H,7-9H2,1-3H3,(H,20,21)(H,22,27)(H,24,28)/t12-,15-,16-/m0/s1. The second-order valence-electron chi connectivity index (χ2n) is 7.06. The zero-order valence-electron chi connectivity index (χ0n) is 16.3. The van der Waals surface area contributed by atoms with E-state index >= 15 is 0 Å². The minimum Gasteiger partial charge on any atom is -0.391 e. The van der Waals surface area contributed by atoms with Crippen LogP contribution < -0.4 is 16.0 Å². The van der Waals surface area contributed by atoms with E-state index in [1.165, 1.54) is 0 Å². The van der Waals surface area contributed by atoms with Gasteiger partial charge < -0.3 is 21.1 Å². The summed E-state index contributed by atoms with van der Waals surface area (Å²) in [5, 5.41) is 23.1. The number of aliphatic hydroxyl groups excluding tert-OH is 1. The van der Waals surface area contributed by atoms with Crippen molar-refractivity contribution in [3.8, 4) is 0 Å². The molecule has 150 valence electrons. The average molecular weight is 386 g/mol. The van der Waals surface area contributed by atoms with E-state index in [1.54, 1.807) is 36.3 Å². The van der Waals surface area contributed by atoms with Gasteiger partial charge >= 0.3 is 0 Å². The van der Waals surface area contributed by atoms with Gasteiger partial charge in [0, 0.05) is 44.0 Å². The van der Waals surface area contributed by atoms with Crippen molar-refractivity contribution in [3.63, 3.8) is 0 Å². The van der Waals surface area contributed by atoms with Gasteiger partial charge in [-0.2, -0.15) is 5.10 Å². The van der Waals surface area contributed by atoms with E-state index in [0.29, 0.717) is 30.8 Å². The summed E-state index contributed by atoms with van der Waals surface area (Å²) in [6, 6.07) is 2.86. The number of pyridine rings is 1. The van der Waals surface area contributed by atoms with Gasteiger partial charge in [-0.3, -0.25) is 14.3 Å². The first-order chi connectivity index (χ1) is 13.4. The van der Waals surface area contributed by atoms with E-state index in [9.17, 15) is 14.7 Å². The maximum Gasteiger partial charge on any atom is 0.255 e. The predicted octanol–water partition coefficient (Wildman–Crippen LogP) is 0.351. The number of aryl methyl sites for hydroxylation is 1. The first-order valence-electron chi connectivity index (χ1n) is 9.27. The van der Waals surface area contributed by atoms with Crippen LogP contribution in [-0.4, -0.2) is 50.9 Å². The molecule has 2 aromatic heterocycles. The number of nitrogens with one attached hydrogen (secondary N) is 3. The summed E-state index contributed by atoms with van der Waals surface area (Å²) in [7, 11) is 3.54. The summed E-state index contributed by atoms with van der Waals surface area (Å²) in [6.45, 7) is 2.33. The van der Waals surface area contributed by atoms with Crippen LogP contribution in [0.2, 0.25) is 0 Å². The highest BCUT2D eigenvalue weighted by molar-refractivity contribution is 5.99. The molecule has 2 aromatic rings. The molecule has 1 aliphatic rings. The average Bonchev–Trinajstić information content (AvgIpc) is 3.22. The molecule has 3 rings (SSSR count). The summed E-state index contributed by atoms with van der Waals surface area (Å²) in [5.41, 5.74) is 2.35. The Kier molecular flexibility index (Phi) is 5.93. The van der Waals surface area contributed by atoms with Gasteiger partial charge in [-0.05, 0) is 31.9 Å². The molecular weight excluding hydrogens is 360 g/mol. The number of anilines is 1. The normalized spacial score (nSPS) is 21.4. The third-order valence-electron chi connectivity index (χ3n) is 5.30. The van der Waals surface area contributed by atoms with Crippen molar-refractivity contribution in [2.45, 2.75) is 38.5 Å². The summed E-state index contributed by atoms with van der Waals surface area (Å²) in [4.78, 5) is 29.2. The van der Waals surface area contributed by atoms with E-state index in [4.69, 9.17) is 0 Å². The Morgan fingerprint density at radius 3 is 2.82 bits per heavy atom. The number of hydrogen-bond donors (Lipinski definition) is 4. The first-order valence-corrected chi connectivity index (χ1v) is 9.27. The van der Waals surface area contributed by atoms with E-state index in [1.807, 2.05) is 14.0 Å². The van der Waals surface area contributed by atoms with Crippen molar-refractivity contribution in [1.29, 1.82) is 0 Å². The van der Waals surface area contributed by atoms with E-state index in [0.717, 1.165) is 11.3 Å². The fraction of sp³-hybridized carbons (Fsp3) is 0.474. The molecule has 2 amide bonds. The Morgan fingerprint density at radius 2 is 2.14 bits per heavy atom.